The van der Waals surface area contributed by atoms with Crippen molar-refractivity contribution in [3.05, 3.63) is 48.0 Å². The van der Waals surface area contributed by atoms with Gasteiger partial charge in [-0.1, -0.05) is 47.4 Å². The number of carbonyl (C=O) groups is 1. The molecule has 0 fully saturated rings. The number of fused-ring (bicyclic) bond motifs is 1. The molecule has 25 heavy (non-hydrogen) atoms. The van der Waals surface area contributed by atoms with Crippen molar-refractivity contribution in [2.75, 3.05) is 11.1 Å². The maximum absolute atomic E-state index is 12.1. The fraction of sp³-hybridized carbons (Fsp3) is 0.176. The summed E-state index contributed by atoms with van der Waals surface area (Å²) in [6.45, 7) is 0. The van der Waals surface area contributed by atoms with Crippen molar-refractivity contribution < 1.29 is 4.79 Å². The lowest BCUT2D eigenvalue weighted by atomic mass is 10.1. The van der Waals surface area contributed by atoms with E-state index in [-0.39, 0.29) is 5.91 Å². The summed E-state index contributed by atoms with van der Waals surface area (Å²) >= 11 is 4.67. The Balaban J connectivity index is 1.44. The van der Waals surface area contributed by atoms with Gasteiger partial charge in [0.25, 0.3) is 0 Å². The van der Waals surface area contributed by atoms with Crippen molar-refractivity contribution >= 4 is 56.8 Å². The molecule has 0 aliphatic carbocycles. The quantitative estimate of drug-likeness (QED) is 0.654. The highest BCUT2D eigenvalue weighted by atomic mass is 32.2. The molecule has 126 valence electrons. The molecule has 0 spiro atoms. The molecule has 8 heteroatoms. The summed E-state index contributed by atoms with van der Waals surface area (Å²) in [5.41, 5.74) is 0.952. The second-order valence-corrected chi connectivity index (χ2v) is 8.68. The number of amides is 1. The van der Waals surface area contributed by atoms with Gasteiger partial charge in [-0.05, 0) is 23.5 Å². The molecule has 4 rings (SSSR count). The fourth-order valence-corrected chi connectivity index (χ4v) is 5.26. The Morgan fingerprint density at radius 2 is 2.20 bits per heavy atom. The van der Waals surface area contributed by atoms with E-state index in [0.717, 1.165) is 25.9 Å². The first kappa shape index (κ1) is 16.6. The molecule has 0 saturated carbocycles. The highest BCUT2D eigenvalue weighted by Gasteiger charge is 2.16. The van der Waals surface area contributed by atoms with Crippen LogP contribution >= 0.6 is 34.9 Å². The van der Waals surface area contributed by atoms with Gasteiger partial charge in [0.2, 0.25) is 11.0 Å². The third-order valence-corrected chi connectivity index (χ3v) is 6.60. The van der Waals surface area contributed by atoms with Crippen LogP contribution < -0.4 is 5.32 Å². The number of anilines is 1. The minimum absolute atomic E-state index is 0.0146. The zero-order valence-electron chi connectivity index (χ0n) is 13.1. The van der Waals surface area contributed by atoms with Crippen LogP contribution in [-0.2, 0) is 4.79 Å². The lowest BCUT2D eigenvalue weighted by Gasteiger charge is -2.05. The highest BCUT2D eigenvalue weighted by Crippen LogP contribution is 2.35. The van der Waals surface area contributed by atoms with Gasteiger partial charge in [-0.25, -0.2) is 0 Å². The zero-order valence-corrected chi connectivity index (χ0v) is 15.5. The van der Waals surface area contributed by atoms with E-state index in [4.69, 9.17) is 0 Å². The van der Waals surface area contributed by atoms with Gasteiger partial charge in [0, 0.05) is 28.7 Å². The first-order valence-corrected chi connectivity index (χ1v) is 10.4. The molecular weight excluding hydrogens is 372 g/mol. The number of hydrogen-bond donors (Lipinski definition) is 1. The Morgan fingerprint density at radius 1 is 1.28 bits per heavy atom. The van der Waals surface area contributed by atoms with Crippen LogP contribution in [0, 0.1) is 5.92 Å². The molecule has 1 amide bonds. The number of nitrogens with one attached hydrogen (secondary N) is 1. The Hall–Kier alpha value is -1.90. The number of allylic oxidation sites excluding steroid dienone is 1. The number of para-hydroxylation sites is 1. The van der Waals surface area contributed by atoms with Crippen LogP contribution in [0.1, 0.15) is 6.42 Å². The Kier molecular flexibility index (Phi) is 5.00. The van der Waals surface area contributed by atoms with Crippen molar-refractivity contribution in [3.63, 3.8) is 0 Å². The van der Waals surface area contributed by atoms with Gasteiger partial charge < -0.3 is 5.32 Å². The van der Waals surface area contributed by atoms with Gasteiger partial charge in [0.15, 0.2) is 4.34 Å². The number of carbonyl (C=O) groups excluding carboxylic acids is 1. The number of aromatic nitrogens is 3. The Bertz CT molecular complexity index is 935. The van der Waals surface area contributed by atoms with E-state index in [1.165, 1.54) is 23.1 Å². The second kappa shape index (κ2) is 7.55. The van der Waals surface area contributed by atoms with E-state index < -0.39 is 0 Å². The van der Waals surface area contributed by atoms with Crippen LogP contribution in [0.25, 0.3) is 10.9 Å². The van der Waals surface area contributed by atoms with Crippen molar-refractivity contribution in [2.45, 2.75) is 15.7 Å². The van der Waals surface area contributed by atoms with E-state index in [9.17, 15) is 4.79 Å². The zero-order chi connectivity index (χ0) is 17.1. The van der Waals surface area contributed by atoms with Crippen LogP contribution in [0.2, 0.25) is 0 Å². The maximum atomic E-state index is 12.1. The second-order valence-electron chi connectivity index (χ2n) is 5.48. The van der Waals surface area contributed by atoms with Gasteiger partial charge in [-0.3, -0.25) is 9.78 Å². The molecule has 1 aliphatic heterocycles. The number of rotatable bonds is 5. The molecule has 0 saturated heterocycles. The summed E-state index contributed by atoms with van der Waals surface area (Å²) in [4.78, 5) is 17.5. The normalized spacial score (nSPS) is 16.4. The van der Waals surface area contributed by atoms with E-state index >= 15 is 0 Å². The smallest absolute Gasteiger partial charge is 0.226 e. The third kappa shape index (κ3) is 4.02. The highest BCUT2D eigenvalue weighted by molar-refractivity contribution is 8.02. The van der Waals surface area contributed by atoms with E-state index in [2.05, 4.69) is 32.0 Å². The minimum atomic E-state index is -0.0146. The molecule has 5 nitrogen and oxygen atoms in total. The summed E-state index contributed by atoms with van der Waals surface area (Å²) in [6, 6.07) is 9.97. The molecule has 1 aliphatic rings. The summed E-state index contributed by atoms with van der Waals surface area (Å²) in [6.07, 6.45) is 4.36. The predicted molar refractivity (Wildman–Crippen MR) is 104 cm³/mol. The van der Waals surface area contributed by atoms with Gasteiger partial charge in [0.05, 0.1) is 5.52 Å². The van der Waals surface area contributed by atoms with Crippen LogP contribution in [0.4, 0.5) is 5.13 Å². The maximum Gasteiger partial charge on any atom is 0.226 e. The van der Waals surface area contributed by atoms with Crippen molar-refractivity contribution in [2.24, 2.45) is 5.92 Å². The number of hydrogen-bond acceptors (Lipinski definition) is 7. The molecule has 3 heterocycles. The summed E-state index contributed by atoms with van der Waals surface area (Å²) < 4.78 is 0.794. The molecule has 1 N–H and O–H groups in total. The van der Waals surface area contributed by atoms with Crippen molar-refractivity contribution in [1.29, 1.82) is 0 Å². The monoisotopic (exact) mass is 386 g/mol. The number of thioether (sulfide) groups is 1. The number of nitrogens with zero attached hydrogens (tertiary/aromatic N) is 3. The van der Waals surface area contributed by atoms with E-state index in [1.54, 1.807) is 18.0 Å². The van der Waals surface area contributed by atoms with Gasteiger partial charge >= 0.3 is 0 Å². The molecule has 0 bridgehead atoms. The van der Waals surface area contributed by atoms with E-state index in [1.807, 2.05) is 30.3 Å². The van der Waals surface area contributed by atoms with Gasteiger partial charge in [-0.15, -0.1) is 22.0 Å². The fourth-order valence-electron chi connectivity index (χ4n) is 2.49. The molecule has 1 unspecified atom stereocenters. The standard InChI is InChI=1S/C17H14N4OS3/c22-15(9-11-6-8-23-10-11)19-16-20-21-17(25-16)24-14-5-7-18-13-4-2-1-3-12(13)14/h1-8,11H,9-10H2,(H,19,20,22). The van der Waals surface area contributed by atoms with Crippen LogP contribution in [0.15, 0.2) is 57.2 Å². The first-order chi connectivity index (χ1) is 12.3. The largest absolute Gasteiger partial charge is 0.300 e. The predicted octanol–water partition coefficient (Wildman–Crippen LogP) is 4.44. The Morgan fingerprint density at radius 3 is 3.08 bits per heavy atom. The topological polar surface area (TPSA) is 67.8 Å². The lowest BCUT2D eigenvalue weighted by molar-refractivity contribution is -0.116. The Labute approximate surface area is 157 Å². The van der Waals surface area contributed by atoms with Crippen molar-refractivity contribution in [3.8, 4) is 0 Å². The average molecular weight is 387 g/mol. The number of benzene rings is 1. The summed E-state index contributed by atoms with van der Waals surface area (Å²) in [5.74, 6) is 1.27. The van der Waals surface area contributed by atoms with Crippen LogP contribution in [0.5, 0.6) is 0 Å². The van der Waals surface area contributed by atoms with Gasteiger partial charge in [0.1, 0.15) is 0 Å². The molecule has 1 aromatic carbocycles. The lowest BCUT2D eigenvalue weighted by Crippen LogP contribution is -2.15. The van der Waals surface area contributed by atoms with Crippen molar-refractivity contribution in [1.82, 2.24) is 15.2 Å². The third-order valence-electron chi connectivity index (χ3n) is 3.66. The molecule has 0 radical (unpaired) electrons. The summed E-state index contributed by atoms with van der Waals surface area (Å²) in [5, 5.41) is 14.8. The van der Waals surface area contributed by atoms with E-state index in [0.29, 0.717) is 17.5 Å². The SMILES string of the molecule is O=C(CC1C=CSC1)Nc1nnc(Sc2ccnc3ccccc23)s1. The number of pyridine rings is 1. The summed E-state index contributed by atoms with van der Waals surface area (Å²) in [7, 11) is 0. The minimum Gasteiger partial charge on any atom is -0.300 e. The van der Waals surface area contributed by atoms with Crippen LogP contribution in [0.3, 0.4) is 0 Å². The molecule has 2 aromatic heterocycles. The average Bonchev–Trinajstić information content (AvgIpc) is 3.27. The molecule has 3 aromatic rings. The van der Waals surface area contributed by atoms with Crippen LogP contribution in [-0.4, -0.2) is 26.8 Å². The first-order valence-electron chi connectivity index (χ1n) is 7.71. The van der Waals surface area contributed by atoms with Gasteiger partial charge in [-0.2, -0.15) is 0 Å². The molecular formula is C17H14N4OS3. The molecule has 1 atom stereocenters.